The van der Waals surface area contributed by atoms with Crippen LogP contribution in [0.25, 0.3) is 0 Å². The molecule has 0 aromatic heterocycles. The highest BCUT2D eigenvalue weighted by Crippen LogP contribution is 2.03. The second kappa shape index (κ2) is 6.18. The van der Waals surface area contributed by atoms with Crippen molar-refractivity contribution in [2.75, 3.05) is 6.61 Å². The summed E-state index contributed by atoms with van der Waals surface area (Å²) in [6, 6.07) is -0.197. The van der Waals surface area contributed by atoms with Gasteiger partial charge >= 0.3 is 6.09 Å². The first-order chi connectivity index (χ1) is 6.54. The van der Waals surface area contributed by atoms with E-state index in [-0.39, 0.29) is 18.6 Å². The Morgan fingerprint density at radius 1 is 1.43 bits per heavy atom. The topological polar surface area (TPSA) is 46.6 Å². The van der Waals surface area contributed by atoms with E-state index in [1.54, 1.807) is 33.8 Å². The van der Waals surface area contributed by atoms with E-state index in [0.717, 1.165) is 4.90 Å². The smallest absolute Gasteiger partial charge is 0.417 e. The molecule has 0 unspecified atom stereocenters. The van der Waals surface area contributed by atoms with Crippen LogP contribution in [0.1, 0.15) is 27.7 Å². The molecule has 0 aromatic carbocycles. The van der Waals surface area contributed by atoms with Gasteiger partial charge in [0.15, 0.2) is 0 Å². The van der Waals surface area contributed by atoms with Crippen LogP contribution >= 0.6 is 0 Å². The van der Waals surface area contributed by atoms with Crippen LogP contribution in [0.4, 0.5) is 4.79 Å². The molecule has 0 heterocycles. The average molecular weight is 199 g/mol. The molecule has 4 nitrogen and oxygen atoms in total. The molecule has 4 heteroatoms. The molecule has 2 amide bonds. The van der Waals surface area contributed by atoms with Crippen molar-refractivity contribution in [3.63, 3.8) is 0 Å². The Bertz CT molecular complexity index is 234. The van der Waals surface area contributed by atoms with E-state index in [4.69, 9.17) is 4.74 Å². The van der Waals surface area contributed by atoms with E-state index in [1.807, 2.05) is 0 Å². The summed E-state index contributed by atoms with van der Waals surface area (Å²) in [5.41, 5.74) is 0. The second-order valence-electron chi connectivity index (χ2n) is 3.00. The number of ether oxygens (including phenoxy) is 1. The van der Waals surface area contributed by atoms with Crippen LogP contribution in [-0.4, -0.2) is 29.5 Å². The van der Waals surface area contributed by atoms with Gasteiger partial charge in [-0.15, -0.1) is 0 Å². The Kier molecular flexibility index (Phi) is 5.60. The van der Waals surface area contributed by atoms with E-state index < -0.39 is 6.09 Å². The average Bonchev–Trinajstić information content (AvgIpc) is 2.04. The van der Waals surface area contributed by atoms with Gasteiger partial charge in [0.05, 0.1) is 6.61 Å². The van der Waals surface area contributed by atoms with Crippen molar-refractivity contribution in [2.45, 2.75) is 33.7 Å². The maximum Gasteiger partial charge on any atom is 0.417 e. The Morgan fingerprint density at radius 2 is 2.00 bits per heavy atom. The van der Waals surface area contributed by atoms with Gasteiger partial charge in [0.25, 0.3) is 5.91 Å². The van der Waals surface area contributed by atoms with E-state index in [2.05, 4.69) is 0 Å². The maximum absolute atomic E-state index is 11.4. The fourth-order valence-corrected chi connectivity index (χ4v) is 0.971. The number of imide groups is 1. The number of hydrogen-bond donors (Lipinski definition) is 0. The third-order valence-electron chi connectivity index (χ3n) is 1.53. The van der Waals surface area contributed by atoms with Crippen molar-refractivity contribution in [3.05, 3.63) is 12.2 Å². The van der Waals surface area contributed by atoms with E-state index in [1.165, 1.54) is 6.08 Å². The molecule has 0 aromatic rings. The summed E-state index contributed by atoms with van der Waals surface area (Å²) in [7, 11) is 0. The Hall–Kier alpha value is -1.32. The lowest BCUT2D eigenvalue weighted by Gasteiger charge is -2.22. The summed E-state index contributed by atoms with van der Waals surface area (Å²) in [6.45, 7) is 7.22. The maximum atomic E-state index is 11.4. The largest absolute Gasteiger partial charge is 0.449 e. The second-order valence-corrected chi connectivity index (χ2v) is 3.00. The molecule has 80 valence electrons. The van der Waals surface area contributed by atoms with E-state index in [9.17, 15) is 9.59 Å². The number of allylic oxidation sites excluding steroid dienone is 1. The lowest BCUT2D eigenvalue weighted by molar-refractivity contribution is -0.125. The summed E-state index contributed by atoms with van der Waals surface area (Å²) in [5, 5.41) is 0. The minimum Gasteiger partial charge on any atom is -0.449 e. The van der Waals surface area contributed by atoms with Gasteiger partial charge in [-0.1, -0.05) is 6.08 Å². The number of carbonyl (C=O) groups is 2. The first kappa shape index (κ1) is 12.7. The monoisotopic (exact) mass is 199 g/mol. The van der Waals surface area contributed by atoms with Crippen LogP contribution in [0.15, 0.2) is 12.2 Å². The molecular weight excluding hydrogens is 182 g/mol. The van der Waals surface area contributed by atoms with Gasteiger partial charge in [0.1, 0.15) is 0 Å². The third kappa shape index (κ3) is 3.60. The summed E-state index contributed by atoms with van der Waals surface area (Å²) in [5.74, 6) is -0.346. The van der Waals surface area contributed by atoms with Crippen LogP contribution in [0, 0.1) is 0 Å². The predicted molar refractivity (Wildman–Crippen MR) is 53.8 cm³/mol. The first-order valence-electron chi connectivity index (χ1n) is 4.67. The lowest BCUT2D eigenvalue weighted by atomic mass is 10.3. The van der Waals surface area contributed by atoms with E-state index >= 15 is 0 Å². The molecule has 0 rings (SSSR count). The van der Waals surface area contributed by atoms with Crippen LogP contribution in [0.3, 0.4) is 0 Å². The number of hydrogen-bond acceptors (Lipinski definition) is 3. The van der Waals surface area contributed by atoms with Crippen LogP contribution in [-0.2, 0) is 9.53 Å². The molecule has 0 saturated heterocycles. The highest BCUT2D eigenvalue weighted by Gasteiger charge is 2.23. The Morgan fingerprint density at radius 3 is 2.36 bits per heavy atom. The zero-order chi connectivity index (χ0) is 11.1. The molecule has 0 saturated carbocycles. The first-order valence-corrected chi connectivity index (χ1v) is 4.67. The molecule has 0 aliphatic carbocycles. The minimum atomic E-state index is -0.592. The van der Waals surface area contributed by atoms with Crippen molar-refractivity contribution < 1.29 is 14.3 Å². The molecular formula is C10H17NO3. The summed E-state index contributed by atoms with van der Waals surface area (Å²) >= 11 is 0. The molecule has 0 spiro atoms. The normalized spacial score (nSPS) is 10.6. The molecule has 0 atom stereocenters. The number of amides is 2. The Balaban J connectivity index is 4.59. The zero-order valence-electron chi connectivity index (χ0n) is 9.11. The highest BCUT2D eigenvalue weighted by molar-refractivity contribution is 5.98. The van der Waals surface area contributed by atoms with Crippen LogP contribution < -0.4 is 0 Å². The summed E-state index contributed by atoms with van der Waals surface area (Å²) in [4.78, 5) is 23.9. The quantitative estimate of drug-likeness (QED) is 0.653. The molecule has 0 N–H and O–H groups in total. The lowest BCUT2D eigenvalue weighted by Crippen LogP contribution is -2.41. The van der Waals surface area contributed by atoms with Gasteiger partial charge in [0.2, 0.25) is 0 Å². The Labute approximate surface area is 84.5 Å². The van der Waals surface area contributed by atoms with Crippen LogP contribution in [0.2, 0.25) is 0 Å². The van der Waals surface area contributed by atoms with Gasteiger partial charge < -0.3 is 4.74 Å². The third-order valence-corrected chi connectivity index (χ3v) is 1.53. The highest BCUT2D eigenvalue weighted by atomic mass is 16.6. The van der Waals surface area contributed by atoms with Crippen molar-refractivity contribution >= 4 is 12.0 Å². The minimum absolute atomic E-state index is 0.197. The fourth-order valence-electron chi connectivity index (χ4n) is 0.971. The van der Waals surface area contributed by atoms with Gasteiger partial charge in [-0.25, -0.2) is 9.69 Å². The SMILES string of the molecule is CC=CC(=O)N(C(=O)OCC)C(C)C. The number of carbonyl (C=O) groups excluding carboxylic acids is 2. The number of rotatable bonds is 3. The standard InChI is InChI=1S/C10H17NO3/c1-5-7-9(12)11(8(3)4)10(13)14-6-2/h5,7-8H,6H2,1-4H3. The van der Waals surface area contributed by atoms with Crippen molar-refractivity contribution in [1.29, 1.82) is 0 Å². The van der Waals surface area contributed by atoms with Gasteiger partial charge in [0, 0.05) is 6.04 Å². The van der Waals surface area contributed by atoms with Gasteiger partial charge in [-0.2, -0.15) is 0 Å². The van der Waals surface area contributed by atoms with Crippen LogP contribution in [0.5, 0.6) is 0 Å². The molecule has 0 aliphatic rings. The summed E-state index contributed by atoms with van der Waals surface area (Å²) < 4.78 is 4.77. The molecule has 0 bridgehead atoms. The molecule has 14 heavy (non-hydrogen) atoms. The predicted octanol–water partition coefficient (Wildman–Crippen LogP) is 1.96. The van der Waals surface area contributed by atoms with Gasteiger partial charge in [-0.3, -0.25) is 4.79 Å². The zero-order valence-corrected chi connectivity index (χ0v) is 9.11. The molecule has 0 radical (unpaired) electrons. The van der Waals surface area contributed by atoms with Crippen molar-refractivity contribution in [1.82, 2.24) is 4.90 Å². The van der Waals surface area contributed by atoms with Gasteiger partial charge in [-0.05, 0) is 33.8 Å². The molecule has 0 aliphatic heterocycles. The summed E-state index contributed by atoms with van der Waals surface area (Å²) in [6.07, 6.45) is 2.35. The fraction of sp³-hybridized carbons (Fsp3) is 0.600. The number of nitrogens with zero attached hydrogens (tertiary/aromatic N) is 1. The van der Waals surface area contributed by atoms with Crippen molar-refractivity contribution in [3.8, 4) is 0 Å². The van der Waals surface area contributed by atoms with Crippen molar-refractivity contribution in [2.24, 2.45) is 0 Å². The van der Waals surface area contributed by atoms with E-state index in [0.29, 0.717) is 0 Å². The molecule has 0 fully saturated rings.